The Kier molecular flexibility index (Phi) is 7.66. The number of aromatic nitrogens is 1. The minimum absolute atomic E-state index is 0.0534. The number of pyridine rings is 1. The van der Waals surface area contributed by atoms with Gasteiger partial charge in [-0.1, -0.05) is 13.3 Å². The molecule has 1 aromatic heterocycles. The van der Waals surface area contributed by atoms with Crippen molar-refractivity contribution < 1.29 is 9.90 Å². The van der Waals surface area contributed by atoms with Gasteiger partial charge in [-0.25, -0.2) is 0 Å². The van der Waals surface area contributed by atoms with E-state index in [0.717, 1.165) is 31.5 Å². The zero-order chi connectivity index (χ0) is 16.5. The maximum absolute atomic E-state index is 11.7. The van der Waals surface area contributed by atoms with Crippen LogP contribution in [-0.4, -0.2) is 40.6 Å². The molecule has 0 atom stereocenters. The van der Waals surface area contributed by atoms with Crippen LogP contribution >= 0.6 is 0 Å². The largest absolute Gasteiger partial charge is 0.503 e. The third-order valence-corrected chi connectivity index (χ3v) is 3.47. The lowest BCUT2D eigenvalue weighted by molar-refractivity contribution is -0.118. The van der Waals surface area contributed by atoms with Crippen molar-refractivity contribution in [2.24, 2.45) is 0 Å². The Labute approximate surface area is 131 Å². The Balaban J connectivity index is 2.74. The molecule has 0 radical (unpaired) electrons. The molecule has 0 unspecified atom stereocenters. The fourth-order valence-electron chi connectivity index (χ4n) is 2.24. The lowest BCUT2D eigenvalue weighted by Gasteiger charge is -2.20. The lowest BCUT2D eigenvalue weighted by Crippen LogP contribution is -2.25. The second-order valence-corrected chi connectivity index (χ2v) is 5.64. The zero-order valence-electron chi connectivity index (χ0n) is 13.8. The molecule has 124 valence electrons. The molecule has 0 aliphatic rings. The summed E-state index contributed by atoms with van der Waals surface area (Å²) < 4.78 is 1.89. The van der Waals surface area contributed by atoms with Gasteiger partial charge in [0.1, 0.15) is 0 Å². The molecule has 0 spiro atoms. The molecule has 6 nitrogen and oxygen atoms in total. The summed E-state index contributed by atoms with van der Waals surface area (Å²) in [7, 11) is 2.02. The average molecular weight is 309 g/mol. The number of nitrogens with one attached hydrogen (secondary N) is 1. The van der Waals surface area contributed by atoms with E-state index in [1.54, 1.807) is 0 Å². The topological polar surface area (TPSA) is 74.6 Å². The summed E-state index contributed by atoms with van der Waals surface area (Å²) in [6, 6.07) is 1.50. The molecule has 22 heavy (non-hydrogen) atoms. The number of hydrogen-bond acceptors (Lipinski definition) is 4. The molecule has 1 aromatic rings. The first-order valence-electron chi connectivity index (χ1n) is 7.79. The summed E-state index contributed by atoms with van der Waals surface area (Å²) >= 11 is 0. The van der Waals surface area contributed by atoms with Crippen LogP contribution in [0.1, 0.15) is 38.8 Å². The summed E-state index contributed by atoms with van der Waals surface area (Å²) in [6.45, 7) is 6.48. The molecule has 0 aliphatic heterocycles. The molecule has 1 heterocycles. The lowest BCUT2D eigenvalue weighted by atomic mass is 10.2. The van der Waals surface area contributed by atoms with E-state index in [4.69, 9.17) is 0 Å². The highest BCUT2D eigenvalue weighted by Gasteiger charge is 2.08. The van der Waals surface area contributed by atoms with Gasteiger partial charge in [0.2, 0.25) is 11.3 Å². The number of carbonyl (C=O) groups is 1. The Morgan fingerprint density at radius 2 is 2.14 bits per heavy atom. The van der Waals surface area contributed by atoms with Gasteiger partial charge in [-0.2, -0.15) is 0 Å². The smallest absolute Gasteiger partial charge is 0.223 e. The quantitative estimate of drug-likeness (QED) is 0.675. The summed E-state index contributed by atoms with van der Waals surface area (Å²) in [5.41, 5.74) is 0.529. The number of carbonyl (C=O) groups excluding carboxylic acids is 1. The number of unbranched alkanes of at least 4 members (excludes halogenated alkanes) is 1. The number of rotatable bonds is 9. The van der Waals surface area contributed by atoms with Gasteiger partial charge >= 0.3 is 0 Å². The Morgan fingerprint density at radius 1 is 1.41 bits per heavy atom. The SMILES string of the molecule is CCCCN(C)Cc1cc(=O)c(O)cn1CCCNC(C)=O. The van der Waals surface area contributed by atoms with Gasteiger partial charge in [-0.15, -0.1) is 0 Å². The molecule has 2 N–H and O–H groups in total. The number of aryl methyl sites for hydroxylation is 1. The Morgan fingerprint density at radius 3 is 2.77 bits per heavy atom. The van der Waals surface area contributed by atoms with Gasteiger partial charge in [0, 0.05) is 38.3 Å². The fourth-order valence-corrected chi connectivity index (χ4v) is 2.24. The molecule has 0 aromatic carbocycles. The van der Waals surface area contributed by atoms with Gasteiger partial charge in [0.05, 0.1) is 6.20 Å². The van der Waals surface area contributed by atoms with Crippen LogP contribution in [0.5, 0.6) is 5.75 Å². The predicted molar refractivity (Wildman–Crippen MR) is 86.9 cm³/mol. The van der Waals surface area contributed by atoms with Gasteiger partial charge in [0.25, 0.3) is 0 Å². The standard InChI is InChI=1S/C16H27N3O3/c1-4-5-8-18(3)11-14-10-15(21)16(22)12-19(14)9-6-7-17-13(2)20/h10,12,22H,4-9,11H2,1-3H3,(H,17,20). The van der Waals surface area contributed by atoms with Crippen molar-refractivity contribution in [2.45, 2.75) is 46.2 Å². The fraction of sp³-hybridized carbons (Fsp3) is 0.625. The second kappa shape index (κ2) is 9.25. The van der Waals surface area contributed by atoms with E-state index in [1.807, 2.05) is 11.6 Å². The van der Waals surface area contributed by atoms with Crippen LogP contribution < -0.4 is 10.7 Å². The molecule has 0 saturated carbocycles. The maximum Gasteiger partial charge on any atom is 0.223 e. The van der Waals surface area contributed by atoms with Gasteiger partial charge in [0.15, 0.2) is 5.75 Å². The van der Waals surface area contributed by atoms with Crippen molar-refractivity contribution in [3.05, 3.63) is 28.2 Å². The highest BCUT2D eigenvalue weighted by molar-refractivity contribution is 5.72. The predicted octanol–water partition coefficient (Wildman–Crippen LogP) is 1.31. The van der Waals surface area contributed by atoms with Crippen molar-refractivity contribution in [3.8, 4) is 5.75 Å². The first-order valence-corrected chi connectivity index (χ1v) is 7.79. The highest BCUT2D eigenvalue weighted by Crippen LogP contribution is 2.09. The molecular formula is C16H27N3O3. The van der Waals surface area contributed by atoms with E-state index in [2.05, 4.69) is 17.1 Å². The second-order valence-electron chi connectivity index (χ2n) is 5.64. The van der Waals surface area contributed by atoms with Gasteiger partial charge < -0.3 is 19.9 Å². The van der Waals surface area contributed by atoms with Crippen LogP contribution in [-0.2, 0) is 17.9 Å². The van der Waals surface area contributed by atoms with Crippen molar-refractivity contribution in [3.63, 3.8) is 0 Å². The van der Waals surface area contributed by atoms with Gasteiger partial charge in [-0.05, 0) is 26.4 Å². The van der Waals surface area contributed by atoms with E-state index in [1.165, 1.54) is 19.2 Å². The Bertz CT molecular complexity index is 540. The van der Waals surface area contributed by atoms with Crippen LogP contribution in [0.15, 0.2) is 17.1 Å². The number of nitrogens with zero attached hydrogens (tertiary/aromatic N) is 2. The minimum atomic E-state index is -0.350. The van der Waals surface area contributed by atoms with Gasteiger partial charge in [-0.3, -0.25) is 9.59 Å². The van der Waals surface area contributed by atoms with Crippen LogP contribution in [0.4, 0.5) is 0 Å². The minimum Gasteiger partial charge on any atom is -0.503 e. The molecular weight excluding hydrogens is 282 g/mol. The van der Waals surface area contributed by atoms with Crippen LogP contribution in [0.3, 0.4) is 0 Å². The molecule has 1 rings (SSSR count). The monoisotopic (exact) mass is 309 g/mol. The molecule has 0 fully saturated rings. The Hall–Kier alpha value is -1.82. The van der Waals surface area contributed by atoms with E-state index < -0.39 is 0 Å². The molecule has 1 amide bonds. The number of hydrogen-bond donors (Lipinski definition) is 2. The van der Waals surface area contributed by atoms with E-state index in [-0.39, 0.29) is 17.1 Å². The molecule has 0 saturated heterocycles. The zero-order valence-corrected chi connectivity index (χ0v) is 13.8. The molecule has 6 heteroatoms. The third kappa shape index (κ3) is 6.30. The van der Waals surface area contributed by atoms with Crippen molar-refractivity contribution in [1.82, 2.24) is 14.8 Å². The average Bonchev–Trinajstić information content (AvgIpc) is 2.45. The van der Waals surface area contributed by atoms with Crippen molar-refractivity contribution in [2.75, 3.05) is 20.1 Å². The van der Waals surface area contributed by atoms with Crippen LogP contribution in [0, 0.1) is 0 Å². The van der Waals surface area contributed by atoms with E-state index >= 15 is 0 Å². The summed E-state index contributed by atoms with van der Waals surface area (Å²) in [5.74, 6) is -0.290. The summed E-state index contributed by atoms with van der Waals surface area (Å²) in [6.07, 6.45) is 4.47. The highest BCUT2D eigenvalue weighted by atomic mass is 16.3. The molecule has 0 aliphatic carbocycles. The summed E-state index contributed by atoms with van der Waals surface area (Å²) in [4.78, 5) is 24.7. The van der Waals surface area contributed by atoms with Crippen molar-refractivity contribution in [1.29, 1.82) is 0 Å². The maximum atomic E-state index is 11.7. The van der Waals surface area contributed by atoms with Crippen molar-refractivity contribution >= 4 is 5.91 Å². The number of amides is 1. The first-order chi connectivity index (χ1) is 10.4. The normalized spacial score (nSPS) is 10.9. The number of aromatic hydroxyl groups is 1. The van der Waals surface area contributed by atoms with E-state index in [9.17, 15) is 14.7 Å². The summed E-state index contributed by atoms with van der Waals surface area (Å²) in [5, 5.41) is 12.4. The first kappa shape index (κ1) is 18.2. The van der Waals surface area contributed by atoms with Crippen LogP contribution in [0.2, 0.25) is 0 Å². The third-order valence-electron chi connectivity index (χ3n) is 3.47. The molecule has 0 bridgehead atoms. The van der Waals surface area contributed by atoms with Crippen LogP contribution in [0.25, 0.3) is 0 Å². The van der Waals surface area contributed by atoms with E-state index in [0.29, 0.717) is 19.6 Å².